The number of anilines is 1. The van der Waals surface area contributed by atoms with E-state index in [1.807, 2.05) is 0 Å². The normalized spacial score (nSPS) is 17.3. The van der Waals surface area contributed by atoms with E-state index in [1.165, 1.54) is 7.11 Å². The van der Waals surface area contributed by atoms with E-state index in [1.54, 1.807) is 41.8 Å². The number of rotatable bonds is 8. The number of aromatic nitrogens is 2. The number of ether oxygens (including phenoxy) is 3. The van der Waals surface area contributed by atoms with Crippen LogP contribution in [0.5, 0.6) is 11.5 Å². The van der Waals surface area contributed by atoms with Gasteiger partial charge < -0.3 is 24.8 Å². The van der Waals surface area contributed by atoms with Crippen LogP contribution < -0.4 is 20.1 Å². The molecule has 1 aromatic carbocycles. The quantitative estimate of drug-likeness (QED) is 0.641. The molecular weight excluding hydrogens is 420 g/mol. The molecule has 2 N–H and O–H groups in total. The summed E-state index contributed by atoms with van der Waals surface area (Å²) in [6.45, 7) is 1.26. The van der Waals surface area contributed by atoms with Crippen molar-refractivity contribution in [3.05, 3.63) is 35.0 Å². The second-order valence-electron chi connectivity index (χ2n) is 7.38. The van der Waals surface area contributed by atoms with Gasteiger partial charge in [-0.2, -0.15) is 16.9 Å². The van der Waals surface area contributed by atoms with E-state index in [0.717, 1.165) is 42.2 Å². The zero-order chi connectivity index (χ0) is 21.8. The van der Waals surface area contributed by atoms with Crippen molar-refractivity contribution in [2.75, 3.05) is 32.7 Å². The summed E-state index contributed by atoms with van der Waals surface area (Å²) in [5, 5.41) is 10.4. The number of fused-ring (bicyclic) bond motifs is 1. The Morgan fingerprint density at radius 2 is 2.16 bits per heavy atom. The topological polar surface area (TPSA) is 104 Å². The number of thioether (sulfide) groups is 1. The lowest BCUT2D eigenvalue weighted by atomic mass is 10.1. The fourth-order valence-corrected chi connectivity index (χ4v) is 4.74. The third-order valence-electron chi connectivity index (χ3n) is 5.35. The smallest absolute Gasteiger partial charge is 0.260 e. The molecule has 0 spiro atoms. The minimum Gasteiger partial charge on any atom is -0.497 e. The predicted octanol–water partition coefficient (Wildman–Crippen LogP) is 2.19. The van der Waals surface area contributed by atoms with Gasteiger partial charge >= 0.3 is 0 Å². The van der Waals surface area contributed by atoms with E-state index in [4.69, 9.17) is 14.2 Å². The molecule has 3 heterocycles. The predicted molar refractivity (Wildman–Crippen MR) is 117 cm³/mol. The zero-order valence-electron chi connectivity index (χ0n) is 17.6. The van der Waals surface area contributed by atoms with E-state index >= 15 is 0 Å². The molecule has 166 valence electrons. The van der Waals surface area contributed by atoms with Crippen LogP contribution in [-0.4, -0.2) is 55.1 Å². The van der Waals surface area contributed by atoms with Gasteiger partial charge in [0.1, 0.15) is 23.9 Å². The van der Waals surface area contributed by atoms with Crippen LogP contribution in [0.1, 0.15) is 34.5 Å². The molecule has 1 fully saturated rings. The third kappa shape index (κ3) is 4.80. The lowest BCUT2D eigenvalue weighted by molar-refractivity contribution is -0.122. The molecule has 10 heteroatoms. The van der Waals surface area contributed by atoms with Crippen molar-refractivity contribution in [1.82, 2.24) is 15.1 Å². The molecule has 0 radical (unpaired) electrons. The number of nitrogens with zero attached hydrogens (tertiary/aromatic N) is 2. The van der Waals surface area contributed by atoms with Crippen LogP contribution in [0.25, 0.3) is 0 Å². The first-order valence-electron chi connectivity index (χ1n) is 10.2. The van der Waals surface area contributed by atoms with Crippen LogP contribution in [0.15, 0.2) is 18.2 Å². The number of benzene rings is 1. The lowest BCUT2D eigenvalue weighted by Crippen LogP contribution is -2.34. The summed E-state index contributed by atoms with van der Waals surface area (Å²) in [5.74, 6) is 2.55. The second kappa shape index (κ2) is 9.61. The van der Waals surface area contributed by atoms with Crippen molar-refractivity contribution < 1.29 is 23.8 Å². The maximum Gasteiger partial charge on any atom is 0.260 e. The van der Waals surface area contributed by atoms with E-state index in [-0.39, 0.29) is 24.5 Å². The lowest BCUT2D eigenvalue weighted by Gasteiger charge is -2.14. The van der Waals surface area contributed by atoms with Gasteiger partial charge in [-0.05, 0) is 25.0 Å². The van der Waals surface area contributed by atoms with Crippen molar-refractivity contribution in [3.63, 3.8) is 0 Å². The van der Waals surface area contributed by atoms with Crippen LogP contribution in [0.2, 0.25) is 0 Å². The monoisotopic (exact) mass is 446 g/mol. The Balaban J connectivity index is 1.50. The molecular formula is C21H26N4O5S. The fourth-order valence-electron chi connectivity index (χ4n) is 3.71. The second-order valence-corrected chi connectivity index (χ2v) is 8.37. The molecule has 1 atom stereocenters. The number of amides is 2. The van der Waals surface area contributed by atoms with Crippen LogP contribution in [0.3, 0.4) is 0 Å². The highest BCUT2D eigenvalue weighted by Crippen LogP contribution is 2.35. The average molecular weight is 447 g/mol. The fraction of sp³-hybridized carbons (Fsp3) is 0.476. The van der Waals surface area contributed by atoms with Gasteiger partial charge in [0, 0.05) is 36.3 Å². The standard InChI is InChI=1S/C21H26N4O5S/c1-28-13-5-6-15(18(8-13)29-2)21(27)23-20-16-11-31-12-17(16)24-25(20)10-19(26)22-9-14-4-3-7-30-14/h5-6,8,14H,3-4,7,9-12H2,1-2H3,(H,22,26)(H,23,27). The van der Waals surface area contributed by atoms with E-state index in [0.29, 0.717) is 29.4 Å². The highest BCUT2D eigenvalue weighted by atomic mass is 32.2. The van der Waals surface area contributed by atoms with Gasteiger partial charge in [0.25, 0.3) is 5.91 Å². The highest BCUT2D eigenvalue weighted by Gasteiger charge is 2.26. The zero-order valence-corrected chi connectivity index (χ0v) is 18.4. The first-order chi connectivity index (χ1) is 15.1. The average Bonchev–Trinajstić information content (AvgIpc) is 3.52. The Morgan fingerprint density at radius 3 is 2.90 bits per heavy atom. The Hall–Kier alpha value is -2.72. The number of methoxy groups -OCH3 is 2. The van der Waals surface area contributed by atoms with Crippen molar-refractivity contribution in [2.45, 2.75) is 37.0 Å². The Kier molecular flexibility index (Phi) is 6.67. The molecule has 1 unspecified atom stereocenters. The molecule has 2 amide bonds. The molecule has 2 aliphatic rings. The third-order valence-corrected chi connectivity index (χ3v) is 6.32. The summed E-state index contributed by atoms with van der Waals surface area (Å²) in [5.41, 5.74) is 2.23. The molecule has 2 aromatic rings. The van der Waals surface area contributed by atoms with E-state index < -0.39 is 0 Å². The first kappa shape index (κ1) is 21.5. The maximum absolute atomic E-state index is 13.0. The minimum atomic E-state index is -0.333. The highest BCUT2D eigenvalue weighted by molar-refractivity contribution is 7.98. The molecule has 0 bridgehead atoms. The number of nitrogens with one attached hydrogen (secondary N) is 2. The molecule has 0 aliphatic carbocycles. The summed E-state index contributed by atoms with van der Waals surface area (Å²) in [6.07, 6.45) is 2.05. The van der Waals surface area contributed by atoms with Gasteiger partial charge in [0.05, 0.1) is 31.6 Å². The van der Waals surface area contributed by atoms with E-state index in [9.17, 15) is 9.59 Å². The van der Waals surface area contributed by atoms with Crippen LogP contribution in [0.4, 0.5) is 5.82 Å². The van der Waals surface area contributed by atoms with Gasteiger partial charge in [-0.25, -0.2) is 4.68 Å². The van der Waals surface area contributed by atoms with Gasteiger partial charge in [0.2, 0.25) is 5.91 Å². The van der Waals surface area contributed by atoms with Crippen LogP contribution in [-0.2, 0) is 27.6 Å². The summed E-state index contributed by atoms with van der Waals surface area (Å²) in [6, 6.07) is 5.01. The number of hydrogen-bond acceptors (Lipinski definition) is 7. The first-order valence-corrected chi connectivity index (χ1v) is 11.3. The summed E-state index contributed by atoms with van der Waals surface area (Å²) in [4.78, 5) is 25.5. The van der Waals surface area contributed by atoms with Crippen LogP contribution >= 0.6 is 11.8 Å². The Morgan fingerprint density at radius 1 is 1.29 bits per heavy atom. The van der Waals surface area contributed by atoms with Crippen molar-refractivity contribution in [2.24, 2.45) is 0 Å². The summed E-state index contributed by atoms with van der Waals surface area (Å²) >= 11 is 1.73. The molecule has 1 saturated heterocycles. The SMILES string of the molecule is COc1ccc(C(=O)Nc2c3c(nn2CC(=O)NCC2CCCO2)CSC3)c(OC)c1. The van der Waals surface area contributed by atoms with Crippen LogP contribution in [0, 0.1) is 0 Å². The van der Waals surface area contributed by atoms with Gasteiger partial charge in [0.15, 0.2) is 0 Å². The van der Waals surface area contributed by atoms with Crippen molar-refractivity contribution >= 4 is 29.4 Å². The summed E-state index contributed by atoms with van der Waals surface area (Å²) < 4.78 is 17.7. The minimum absolute atomic E-state index is 0.0275. The Bertz CT molecular complexity index is 971. The van der Waals surface area contributed by atoms with Crippen molar-refractivity contribution in [3.8, 4) is 11.5 Å². The van der Waals surface area contributed by atoms with Gasteiger partial charge in [-0.15, -0.1) is 0 Å². The Labute approximate surface area is 184 Å². The maximum atomic E-state index is 13.0. The molecule has 2 aliphatic heterocycles. The molecule has 9 nitrogen and oxygen atoms in total. The number of carbonyl (C=O) groups is 2. The van der Waals surface area contributed by atoms with E-state index in [2.05, 4.69) is 15.7 Å². The molecule has 31 heavy (non-hydrogen) atoms. The molecule has 1 aromatic heterocycles. The van der Waals surface area contributed by atoms with Gasteiger partial charge in [-0.1, -0.05) is 0 Å². The van der Waals surface area contributed by atoms with Gasteiger partial charge in [-0.3, -0.25) is 9.59 Å². The molecule has 4 rings (SSSR count). The largest absolute Gasteiger partial charge is 0.497 e. The number of hydrogen-bond donors (Lipinski definition) is 2. The molecule has 0 saturated carbocycles. The summed E-state index contributed by atoms with van der Waals surface area (Å²) in [7, 11) is 3.06. The number of carbonyl (C=O) groups excluding carboxylic acids is 2. The van der Waals surface area contributed by atoms with Crippen molar-refractivity contribution in [1.29, 1.82) is 0 Å².